The zero-order valence-electron chi connectivity index (χ0n) is 11.4. The van der Waals surface area contributed by atoms with Crippen LogP contribution in [0.25, 0.3) is 10.4 Å². The van der Waals surface area contributed by atoms with Crippen LogP contribution in [0.5, 0.6) is 0 Å². The number of nitrogens with zero attached hydrogens (tertiary/aromatic N) is 4. The molecule has 0 aromatic heterocycles. The van der Waals surface area contributed by atoms with Gasteiger partial charge < -0.3 is 4.90 Å². The Morgan fingerprint density at radius 3 is 2.95 bits per heavy atom. The molecule has 1 amide bonds. The summed E-state index contributed by atoms with van der Waals surface area (Å²) in [7, 11) is 0. The predicted molar refractivity (Wildman–Crippen MR) is 75.8 cm³/mol. The average Bonchev–Trinajstić information content (AvgIpc) is 2.46. The SMILES string of the molecule is CC(=O)N1CCCc2cc(C(=O)CCN=[N+]=[N-])ccc21. The molecule has 1 heterocycles. The van der Waals surface area contributed by atoms with Crippen LogP contribution in [0.3, 0.4) is 0 Å². The van der Waals surface area contributed by atoms with E-state index in [1.807, 2.05) is 12.1 Å². The molecule has 0 N–H and O–H groups in total. The molecule has 0 fully saturated rings. The van der Waals surface area contributed by atoms with E-state index in [4.69, 9.17) is 5.53 Å². The molecule has 6 heteroatoms. The van der Waals surface area contributed by atoms with Crippen molar-refractivity contribution in [3.8, 4) is 0 Å². The maximum Gasteiger partial charge on any atom is 0.223 e. The first kappa shape index (κ1) is 14.1. The van der Waals surface area contributed by atoms with Crippen LogP contribution in [0.1, 0.15) is 35.7 Å². The third-order valence-corrected chi connectivity index (χ3v) is 3.40. The molecular formula is C14H16N4O2. The van der Waals surface area contributed by atoms with E-state index in [1.165, 1.54) is 0 Å². The van der Waals surface area contributed by atoms with Crippen LogP contribution in [-0.2, 0) is 11.2 Å². The molecule has 0 unspecified atom stereocenters. The van der Waals surface area contributed by atoms with E-state index >= 15 is 0 Å². The lowest BCUT2D eigenvalue weighted by Crippen LogP contribution is -2.33. The molecule has 0 aliphatic carbocycles. The summed E-state index contributed by atoms with van der Waals surface area (Å²) >= 11 is 0. The van der Waals surface area contributed by atoms with E-state index in [1.54, 1.807) is 17.9 Å². The van der Waals surface area contributed by atoms with Crippen LogP contribution in [0.2, 0.25) is 0 Å². The van der Waals surface area contributed by atoms with Crippen LogP contribution in [0.15, 0.2) is 23.3 Å². The summed E-state index contributed by atoms with van der Waals surface area (Å²) in [5, 5.41) is 3.37. The number of hydrogen-bond donors (Lipinski definition) is 0. The number of Topliss-reactive ketones (excluding diaryl/α,β-unsaturated/α-hetero) is 1. The van der Waals surface area contributed by atoms with Gasteiger partial charge in [-0.25, -0.2) is 0 Å². The zero-order valence-corrected chi connectivity index (χ0v) is 11.4. The van der Waals surface area contributed by atoms with E-state index in [0.29, 0.717) is 5.56 Å². The molecule has 0 bridgehead atoms. The molecular weight excluding hydrogens is 256 g/mol. The van der Waals surface area contributed by atoms with Gasteiger partial charge in [-0.15, -0.1) is 0 Å². The van der Waals surface area contributed by atoms with Gasteiger partial charge in [-0.2, -0.15) is 0 Å². The Balaban J connectivity index is 2.21. The van der Waals surface area contributed by atoms with Crippen molar-refractivity contribution < 1.29 is 9.59 Å². The lowest BCUT2D eigenvalue weighted by Gasteiger charge is -2.28. The Morgan fingerprint density at radius 2 is 2.25 bits per heavy atom. The van der Waals surface area contributed by atoms with Crippen LogP contribution in [0, 0.1) is 0 Å². The second-order valence-corrected chi connectivity index (χ2v) is 4.75. The number of benzene rings is 1. The number of carbonyl (C=O) groups is 2. The van der Waals surface area contributed by atoms with Crippen molar-refractivity contribution in [2.75, 3.05) is 18.0 Å². The largest absolute Gasteiger partial charge is 0.312 e. The molecule has 0 saturated carbocycles. The minimum absolute atomic E-state index is 0.0217. The summed E-state index contributed by atoms with van der Waals surface area (Å²) in [5.74, 6) is -0.0199. The summed E-state index contributed by atoms with van der Waals surface area (Å²) in [6.07, 6.45) is 1.98. The topological polar surface area (TPSA) is 86.1 Å². The molecule has 0 saturated heterocycles. The lowest BCUT2D eigenvalue weighted by atomic mass is 9.97. The summed E-state index contributed by atoms with van der Waals surface area (Å²) in [6, 6.07) is 5.41. The predicted octanol–water partition coefficient (Wildman–Crippen LogP) is 2.87. The van der Waals surface area contributed by atoms with Crippen LogP contribution in [-0.4, -0.2) is 24.8 Å². The zero-order chi connectivity index (χ0) is 14.5. The quantitative estimate of drug-likeness (QED) is 0.365. The van der Waals surface area contributed by atoms with Crippen molar-refractivity contribution in [3.63, 3.8) is 0 Å². The van der Waals surface area contributed by atoms with Gasteiger partial charge in [0.2, 0.25) is 5.91 Å². The van der Waals surface area contributed by atoms with Crippen LogP contribution >= 0.6 is 0 Å². The van der Waals surface area contributed by atoms with Gasteiger partial charge in [0.15, 0.2) is 5.78 Å². The summed E-state index contributed by atoms with van der Waals surface area (Å²) < 4.78 is 0. The van der Waals surface area contributed by atoms with E-state index in [-0.39, 0.29) is 24.7 Å². The molecule has 0 radical (unpaired) electrons. The van der Waals surface area contributed by atoms with E-state index in [2.05, 4.69) is 10.0 Å². The van der Waals surface area contributed by atoms with Crippen molar-refractivity contribution in [2.24, 2.45) is 5.11 Å². The summed E-state index contributed by atoms with van der Waals surface area (Å²) in [4.78, 5) is 27.9. The second kappa shape index (κ2) is 6.21. The highest BCUT2D eigenvalue weighted by Crippen LogP contribution is 2.28. The number of rotatable bonds is 4. The van der Waals surface area contributed by atoms with Gasteiger partial charge in [0, 0.05) is 42.6 Å². The number of amides is 1. The van der Waals surface area contributed by atoms with Crippen molar-refractivity contribution >= 4 is 17.4 Å². The van der Waals surface area contributed by atoms with Gasteiger partial charge in [0.1, 0.15) is 0 Å². The van der Waals surface area contributed by atoms with Gasteiger partial charge in [-0.1, -0.05) is 5.11 Å². The maximum absolute atomic E-state index is 12.0. The van der Waals surface area contributed by atoms with Crippen molar-refractivity contribution in [1.82, 2.24) is 0 Å². The van der Waals surface area contributed by atoms with Crippen molar-refractivity contribution in [1.29, 1.82) is 0 Å². The molecule has 2 rings (SSSR count). The lowest BCUT2D eigenvalue weighted by molar-refractivity contribution is -0.116. The fourth-order valence-electron chi connectivity index (χ4n) is 2.44. The number of ketones is 1. The van der Waals surface area contributed by atoms with E-state index in [9.17, 15) is 9.59 Å². The second-order valence-electron chi connectivity index (χ2n) is 4.75. The smallest absolute Gasteiger partial charge is 0.223 e. The number of fused-ring (bicyclic) bond motifs is 1. The van der Waals surface area contributed by atoms with Crippen molar-refractivity contribution in [2.45, 2.75) is 26.2 Å². The Hall–Kier alpha value is -2.33. The molecule has 1 aromatic rings. The Kier molecular flexibility index (Phi) is 4.38. The number of anilines is 1. The van der Waals surface area contributed by atoms with Crippen LogP contribution < -0.4 is 4.90 Å². The highest BCUT2D eigenvalue weighted by atomic mass is 16.2. The molecule has 1 aliphatic rings. The molecule has 0 atom stereocenters. The molecule has 20 heavy (non-hydrogen) atoms. The first-order valence-corrected chi connectivity index (χ1v) is 6.58. The number of hydrogen-bond acceptors (Lipinski definition) is 3. The Morgan fingerprint density at radius 1 is 1.45 bits per heavy atom. The van der Waals surface area contributed by atoms with Gasteiger partial charge in [-0.05, 0) is 42.1 Å². The Bertz CT molecular complexity index is 591. The maximum atomic E-state index is 12.0. The molecule has 1 aromatic carbocycles. The van der Waals surface area contributed by atoms with Crippen molar-refractivity contribution in [3.05, 3.63) is 39.8 Å². The molecule has 1 aliphatic heterocycles. The van der Waals surface area contributed by atoms with Gasteiger partial charge in [0.25, 0.3) is 0 Å². The third-order valence-electron chi connectivity index (χ3n) is 3.40. The number of aryl methyl sites for hydroxylation is 1. The third kappa shape index (κ3) is 2.97. The standard InChI is InChI=1S/C14H16N4O2/c1-10(19)18-8-2-3-11-9-12(4-5-13(11)18)14(20)6-7-16-17-15/h4-5,9H,2-3,6-8H2,1H3. The van der Waals surface area contributed by atoms with E-state index < -0.39 is 0 Å². The monoisotopic (exact) mass is 272 g/mol. The molecule has 0 spiro atoms. The normalized spacial score (nSPS) is 13.3. The minimum atomic E-state index is -0.0415. The molecule has 104 valence electrons. The fraction of sp³-hybridized carbons (Fsp3) is 0.429. The number of carbonyl (C=O) groups excluding carboxylic acids is 2. The average molecular weight is 272 g/mol. The first-order chi connectivity index (χ1) is 9.63. The summed E-state index contributed by atoms with van der Waals surface area (Å²) in [6.45, 7) is 2.45. The van der Waals surface area contributed by atoms with E-state index in [0.717, 1.165) is 30.6 Å². The Labute approximate surface area is 117 Å². The molecule has 6 nitrogen and oxygen atoms in total. The highest BCUT2D eigenvalue weighted by Gasteiger charge is 2.20. The minimum Gasteiger partial charge on any atom is -0.312 e. The first-order valence-electron chi connectivity index (χ1n) is 6.58. The van der Waals surface area contributed by atoms with Gasteiger partial charge in [-0.3, -0.25) is 9.59 Å². The fourth-order valence-corrected chi connectivity index (χ4v) is 2.44. The highest BCUT2D eigenvalue weighted by molar-refractivity contribution is 5.98. The van der Waals surface area contributed by atoms with Gasteiger partial charge >= 0.3 is 0 Å². The van der Waals surface area contributed by atoms with Crippen LogP contribution in [0.4, 0.5) is 5.69 Å². The van der Waals surface area contributed by atoms with Gasteiger partial charge in [0.05, 0.1) is 0 Å². The summed E-state index contributed by atoms with van der Waals surface area (Å²) in [5.41, 5.74) is 10.7. The number of azide groups is 1.